The van der Waals surface area contributed by atoms with E-state index in [-0.39, 0.29) is 50.4 Å². The van der Waals surface area contributed by atoms with E-state index >= 15 is 0 Å². The average Bonchev–Trinajstić information content (AvgIpc) is 1.35. The zero-order valence-corrected chi connectivity index (χ0v) is 50.9. The maximum absolute atomic E-state index is 12.8. The highest BCUT2D eigenvalue weighted by molar-refractivity contribution is 5.65. The molecule has 0 aromatic rings. The molecule has 5 saturated carbocycles. The van der Waals surface area contributed by atoms with Crippen LogP contribution in [0.4, 0.5) is 0 Å². The van der Waals surface area contributed by atoms with Gasteiger partial charge in [-0.25, -0.2) is 0 Å². The molecule has 0 amide bonds. The first-order valence-electron chi connectivity index (χ1n) is 31.3. The van der Waals surface area contributed by atoms with Gasteiger partial charge in [0.1, 0.15) is 110 Å². The Kier molecular flexibility index (Phi) is 18.3. The molecule has 6 aliphatic heterocycles. The number of fused-ring (bicyclic) bond motifs is 4. The van der Waals surface area contributed by atoms with Gasteiger partial charge in [0, 0.05) is 17.8 Å². The molecule has 26 nitrogen and oxygen atoms in total. The lowest BCUT2D eigenvalue weighted by Gasteiger charge is -2.75. The molecule has 13 N–H and O–H groups in total. The summed E-state index contributed by atoms with van der Waals surface area (Å²) in [6, 6.07) is 0. The molecular weight excluding hydrogens is 1140 g/mol. The Hall–Kier alpha value is -1.49. The summed E-state index contributed by atoms with van der Waals surface area (Å²) in [5, 5.41) is 145. The lowest BCUT2D eigenvalue weighted by Crippen LogP contribution is -2.74. The number of aliphatic hydroxyl groups excluding tert-OH is 13. The van der Waals surface area contributed by atoms with Crippen LogP contribution >= 0.6 is 0 Å². The number of carbonyl (C=O) groups excluding carboxylic acids is 1. The van der Waals surface area contributed by atoms with Crippen molar-refractivity contribution in [2.75, 3.05) is 33.0 Å². The summed E-state index contributed by atoms with van der Waals surface area (Å²) in [4.78, 5) is 11.9. The minimum absolute atomic E-state index is 0.111. The van der Waals surface area contributed by atoms with E-state index in [1.165, 1.54) is 6.92 Å². The molecule has 33 atom stereocenters. The number of ether oxygens (including phenoxy) is 12. The molecule has 86 heavy (non-hydrogen) atoms. The van der Waals surface area contributed by atoms with Gasteiger partial charge < -0.3 is 123 Å². The molecule has 5 aliphatic carbocycles. The highest BCUT2D eigenvalue weighted by Gasteiger charge is 2.80. The van der Waals surface area contributed by atoms with E-state index in [1.54, 1.807) is 0 Å². The fourth-order valence-corrected chi connectivity index (χ4v) is 19.0. The van der Waals surface area contributed by atoms with Gasteiger partial charge in [-0.05, 0) is 111 Å². The first-order valence-corrected chi connectivity index (χ1v) is 31.3. The Morgan fingerprint density at radius 1 is 0.535 bits per heavy atom. The van der Waals surface area contributed by atoms with Gasteiger partial charge in [-0.2, -0.15) is 0 Å². The molecule has 26 heteroatoms. The summed E-state index contributed by atoms with van der Waals surface area (Å²) in [7, 11) is 0. The Morgan fingerprint density at radius 2 is 1.16 bits per heavy atom. The molecule has 0 aromatic heterocycles. The van der Waals surface area contributed by atoms with Crippen LogP contribution in [0.15, 0.2) is 0 Å². The third kappa shape index (κ3) is 10.6. The highest BCUT2D eigenvalue weighted by atomic mass is 16.8. The van der Waals surface area contributed by atoms with E-state index in [1.807, 2.05) is 0 Å². The van der Waals surface area contributed by atoms with Crippen LogP contribution in [-0.2, 0) is 61.6 Å². The van der Waals surface area contributed by atoms with Crippen molar-refractivity contribution in [3.05, 3.63) is 0 Å². The zero-order chi connectivity index (χ0) is 62.3. The Labute approximate surface area is 501 Å². The number of esters is 1. The molecule has 0 aromatic carbocycles. The van der Waals surface area contributed by atoms with Gasteiger partial charge in [-0.15, -0.1) is 0 Å². The van der Waals surface area contributed by atoms with Gasteiger partial charge in [-0.1, -0.05) is 48.5 Å². The van der Waals surface area contributed by atoms with Crippen LogP contribution in [0.2, 0.25) is 0 Å². The second-order valence-electron chi connectivity index (χ2n) is 29.6. The van der Waals surface area contributed by atoms with E-state index in [9.17, 15) is 71.2 Å². The van der Waals surface area contributed by atoms with Crippen molar-refractivity contribution in [1.29, 1.82) is 0 Å². The lowest BCUT2D eigenvalue weighted by atomic mass is 9.30. The number of rotatable bonds is 13. The van der Waals surface area contributed by atoms with E-state index in [0.717, 1.165) is 58.3 Å². The molecular formula is C60H98O26. The fraction of sp³-hybridized carbons (Fsp3) is 0.983. The monoisotopic (exact) mass is 1230 g/mol. The van der Waals surface area contributed by atoms with Gasteiger partial charge in [0.25, 0.3) is 0 Å². The number of carbonyl (C=O) groups is 1. The molecule has 0 radical (unpaired) electrons. The predicted molar refractivity (Wildman–Crippen MR) is 291 cm³/mol. The Morgan fingerprint density at radius 3 is 1.86 bits per heavy atom. The van der Waals surface area contributed by atoms with Gasteiger partial charge in [0.2, 0.25) is 0 Å². The smallest absolute Gasteiger partial charge is 0.302 e. The molecule has 1 spiro atoms. The van der Waals surface area contributed by atoms with Crippen molar-refractivity contribution >= 4 is 5.97 Å². The average molecular weight is 1240 g/mol. The molecule has 2 bridgehead atoms. The van der Waals surface area contributed by atoms with Crippen molar-refractivity contribution in [3.8, 4) is 0 Å². The van der Waals surface area contributed by atoms with Gasteiger partial charge >= 0.3 is 5.97 Å². The van der Waals surface area contributed by atoms with Crippen LogP contribution in [-0.4, -0.2) is 265 Å². The maximum atomic E-state index is 12.8. The van der Waals surface area contributed by atoms with Gasteiger partial charge in [0.05, 0.1) is 50.3 Å². The Bertz CT molecular complexity index is 2390. The summed E-state index contributed by atoms with van der Waals surface area (Å²) < 4.78 is 74.6. The van der Waals surface area contributed by atoms with Crippen LogP contribution in [0.1, 0.15) is 127 Å². The van der Waals surface area contributed by atoms with Crippen LogP contribution in [0, 0.1) is 50.2 Å². The van der Waals surface area contributed by atoms with Crippen molar-refractivity contribution in [2.24, 2.45) is 50.2 Å². The second-order valence-corrected chi connectivity index (χ2v) is 29.6. The van der Waals surface area contributed by atoms with E-state index < -0.39 is 191 Å². The van der Waals surface area contributed by atoms with Crippen molar-refractivity contribution in [1.82, 2.24) is 0 Å². The second kappa shape index (κ2) is 23.8. The molecule has 11 fully saturated rings. The Balaban J connectivity index is 0.876. The highest BCUT2D eigenvalue weighted by Crippen LogP contribution is 2.80. The number of hydrogen-bond acceptors (Lipinski definition) is 26. The van der Waals surface area contributed by atoms with Crippen LogP contribution < -0.4 is 0 Å². The number of aliphatic hydroxyl groups is 13. The lowest BCUT2D eigenvalue weighted by molar-refractivity contribution is -0.404. The normalized spacial score (nSPS) is 55.9. The van der Waals surface area contributed by atoms with Gasteiger partial charge in [-0.3, -0.25) is 4.79 Å². The minimum Gasteiger partial charge on any atom is -0.463 e. The minimum atomic E-state index is -1.96. The molecule has 6 heterocycles. The van der Waals surface area contributed by atoms with Crippen molar-refractivity contribution in [3.63, 3.8) is 0 Å². The van der Waals surface area contributed by atoms with E-state index in [2.05, 4.69) is 48.5 Å². The topological polar surface area (TPSA) is 391 Å². The summed E-state index contributed by atoms with van der Waals surface area (Å²) in [5.41, 5.74) is -1.64. The van der Waals surface area contributed by atoms with Crippen molar-refractivity contribution < 1.29 is 128 Å². The van der Waals surface area contributed by atoms with Crippen LogP contribution in [0.5, 0.6) is 0 Å². The third-order valence-corrected chi connectivity index (χ3v) is 24.2. The summed E-state index contributed by atoms with van der Waals surface area (Å²) >= 11 is 0. The van der Waals surface area contributed by atoms with E-state index in [4.69, 9.17) is 56.8 Å². The number of hydrogen-bond donors (Lipinski definition) is 13. The molecule has 11 aliphatic rings. The first kappa shape index (κ1) is 66.0. The quantitative estimate of drug-likeness (QED) is 0.0726. The molecule has 6 saturated heterocycles. The summed E-state index contributed by atoms with van der Waals surface area (Å²) in [5.74, 6) is -0.0746. The first-order chi connectivity index (χ1) is 40.3. The largest absolute Gasteiger partial charge is 0.463 e. The van der Waals surface area contributed by atoms with E-state index in [0.29, 0.717) is 19.4 Å². The summed E-state index contributed by atoms with van der Waals surface area (Å²) in [6.07, 6.45) is -32.1. The standard InChI is InChI=1S/C60H98O26/c1-25-36(65)41(70)44(73)50(79-25)84-46-39(68)28(20-61)80-53(48(46)86-49-43(72)37(66)27(63)21-76-49)82-30-23-77-52(47(40(30)69)85-51-45(74)42(71)38(67)29(81-51)22-75-26(2)62)83-35-12-13-56(7)31(55(35,5)6)10-14-57(8)32(56)11-15-60-33-18-54(3,4)16-17-59(33,24-78-60)34(64)19-58(57,60)9/h25,27-53,61,63-74H,10-24H2,1-9H3/t25-,27+,28+,29+,30-,31-,32+,33+,34-,35-,36-,37-,38+,39+,40-,41+,42-,43+,44+,45+,46-,47+,48+,49-,50-,51-,52-,53-,56-,57+,58-,59+,60-/m0/s1. The van der Waals surface area contributed by atoms with Crippen LogP contribution in [0.3, 0.4) is 0 Å². The zero-order valence-electron chi connectivity index (χ0n) is 50.9. The maximum Gasteiger partial charge on any atom is 0.302 e. The molecule has 0 unspecified atom stereocenters. The van der Waals surface area contributed by atoms with Gasteiger partial charge in [0.15, 0.2) is 31.5 Å². The molecule has 494 valence electrons. The SMILES string of the molecule is CC(=O)OC[C@H]1O[C@@H](O[C@H]2[C@H](O[C@H]3CC[C@]4(C)[C@H]5CC[C@]67OC[C@@]8(CCC(C)(C)C[C@H]86)[C@@H](O)C[C@@]7(C)[C@]5(C)CC[C@H]4C3(C)C)OC[C@H](O[C@@H]3O[C@H](CO)[C@@H](O)[C@H](O[C@@H]4O[C@@H](C)[C@H](O)[C@@H](O)[C@H]4O)[C@H]3O[C@@H]3OC[C@@H](O)[C@H](O)[C@H]3O)[C@@H]2O)[C@H](O)[C@@H](O)[C@@H]1O. The third-order valence-electron chi connectivity index (χ3n) is 24.2. The predicted octanol–water partition coefficient (Wildman–Crippen LogP) is -1.65. The van der Waals surface area contributed by atoms with Crippen molar-refractivity contribution in [2.45, 2.75) is 286 Å². The summed E-state index contributed by atoms with van der Waals surface area (Å²) in [6.45, 7) is 17.0. The molecule has 11 rings (SSSR count). The fourth-order valence-electron chi connectivity index (χ4n) is 19.0. The van der Waals surface area contributed by atoms with Crippen LogP contribution in [0.25, 0.3) is 0 Å².